The van der Waals surface area contributed by atoms with Gasteiger partial charge < -0.3 is 9.67 Å². The van der Waals surface area contributed by atoms with E-state index < -0.39 is 6.10 Å². The molecule has 1 N–H and O–H groups in total. The Kier molecular flexibility index (Phi) is 3.52. The van der Waals surface area contributed by atoms with Crippen molar-refractivity contribution in [1.29, 1.82) is 0 Å². The summed E-state index contributed by atoms with van der Waals surface area (Å²) in [5.41, 5.74) is 5.45. The van der Waals surface area contributed by atoms with Gasteiger partial charge in [0.25, 0.3) is 0 Å². The Bertz CT molecular complexity index is 761. The summed E-state index contributed by atoms with van der Waals surface area (Å²) < 4.78 is 2.06. The lowest BCUT2D eigenvalue weighted by molar-refractivity contribution is 0.124. The molecule has 0 fully saturated rings. The molecular formula is C18H20N2O. The Hall–Kier alpha value is -2.13. The molecule has 1 heterocycles. The first-order valence-electron chi connectivity index (χ1n) is 7.24. The van der Waals surface area contributed by atoms with Crippen molar-refractivity contribution in [2.24, 2.45) is 0 Å². The summed E-state index contributed by atoms with van der Waals surface area (Å²) in [4.78, 5) is 4.47. The average molecular weight is 280 g/mol. The second-order valence-electron chi connectivity index (χ2n) is 5.67. The number of rotatable bonds is 3. The number of aryl methyl sites for hydroxylation is 2. The number of imidazole rings is 1. The molecule has 0 aliphatic heterocycles. The molecule has 0 amide bonds. The summed E-state index contributed by atoms with van der Waals surface area (Å²) in [6.45, 7) is 6.22. The second-order valence-corrected chi connectivity index (χ2v) is 5.67. The van der Waals surface area contributed by atoms with E-state index in [-0.39, 0.29) is 6.04 Å². The minimum atomic E-state index is -0.551. The molecule has 0 radical (unpaired) electrons. The molecule has 0 aliphatic rings. The van der Waals surface area contributed by atoms with Crippen molar-refractivity contribution in [3.05, 3.63) is 65.5 Å². The molecule has 0 aliphatic carbocycles. The van der Waals surface area contributed by atoms with Gasteiger partial charge in [-0.15, -0.1) is 0 Å². The molecule has 0 bridgehead atoms. The zero-order chi connectivity index (χ0) is 15.0. The number of hydrogen-bond donors (Lipinski definition) is 1. The number of benzene rings is 2. The van der Waals surface area contributed by atoms with Crippen LogP contribution < -0.4 is 0 Å². The van der Waals surface area contributed by atoms with Crippen LogP contribution in [0, 0.1) is 13.8 Å². The highest BCUT2D eigenvalue weighted by Gasteiger charge is 2.19. The van der Waals surface area contributed by atoms with Crippen LogP contribution in [-0.2, 0) is 0 Å². The number of aliphatic hydroxyl groups is 1. The third kappa shape index (κ3) is 2.45. The van der Waals surface area contributed by atoms with Crippen molar-refractivity contribution in [2.45, 2.75) is 32.9 Å². The van der Waals surface area contributed by atoms with Crippen LogP contribution in [0.15, 0.2) is 48.8 Å². The van der Waals surface area contributed by atoms with Crippen molar-refractivity contribution in [3.63, 3.8) is 0 Å². The van der Waals surface area contributed by atoms with E-state index in [0.717, 1.165) is 16.6 Å². The number of hydrogen-bond acceptors (Lipinski definition) is 2. The summed E-state index contributed by atoms with van der Waals surface area (Å²) in [6, 6.07) is 13.9. The van der Waals surface area contributed by atoms with Gasteiger partial charge in [-0.2, -0.15) is 0 Å². The number of nitrogens with zero attached hydrogens (tertiary/aromatic N) is 2. The van der Waals surface area contributed by atoms with Crippen molar-refractivity contribution < 1.29 is 5.11 Å². The first kappa shape index (κ1) is 13.8. The smallest absolute Gasteiger partial charge is 0.0994 e. The van der Waals surface area contributed by atoms with E-state index >= 15 is 0 Å². The monoisotopic (exact) mass is 280 g/mol. The van der Waals surface area contributed by atoms with E-state index in [2.05, 4.69) is 35.5 Å². The lowest BCUT2D eigenvalue weighted by Gasteiger charge is -2.21. The van der Waals surface area contributed by atoms with Gasteiger partial charge >= 0.3 is 0 Å². The van der Waals surface area contributed by atoms with Crippen molar-refractivity contribution in [3.8, 4) is 0 Å². The Morgan fingerprint density at radius 2 is 1.71 bits per heavy atom. The first-order chi connectivity index (χ1) is 10.1. The topological polar surface area (TPSA) is 38.0 Å². The molecule has 2 atom stereocenters. The van der Waals surface area contributed by atoms with E-state index in [0.29, 0.717) is 0 Å². The van der Waals surface area contributed by atoms with Gasteiger partial charge in [0.15, 0.2) is 0 Å². The summed E-state index contributed by atoms with van der Waals surface area (Å²) in [6.07, 6.45) is 1.27. The lowest BCUT2D eigenvalue weighted by Crippen LogP contribution is -2.14. The van der Waals surface area contributed by atoms with Gasteiger partial charge in [0, 0.05) is 0 Å². The van der Waals surface area contributed by atoms with E-state index in [1.165, 1.54) is 11.1 Å². The number of aromatic nitrogens is 2. The Morgan fingerprint density at radius 1 is 1.05 bits per heavy atom. The van der Waals surface area contributed by atoms with Crippen LogP contribution in [0.5, 0.6) is 0 Å². The van der Waals surface area contributed by atoms with E-state index in [9.17, 15) is 5.11 Å². The highest BCUT2D eigenvalue weighted by atomic mass is 16.3. The minimum Gasteiger partial charge on any atom is -0.386 e. The molecule has 1 aromatic heterocycles. The van der Waals surface area contributed by atoms with Gasteiger partial charge in [0.05, 0.1) is 29.5 Å². The van der Waals surface area contributed by atoms with Crippen LogP contribution in [0.2, 0.25) is 0 Å². The van der Waals surface area contributed by atoms with E-state index in [1.807, 2.05) is 43.6 Å². The van der Waals surface area contributed by atoms with Crippen molar-refractivity contribution >= 4 is 11.0 Å². The molecule has 21 heavy (non-hydrogen) atoms. The molecule has 3 rings (SSSR count). The van der Waals surface area contributed by atoms with Crippen molar-refractivity contribution in [2.75, 3.05) is 0 Å². The van der Waals surface area contributed by atoms with Gasteiger partial charge in [-0.1, -0.05) is 30.3 Å². The van der Waals surface area contributed by atoms with Gasteiger partial charge in [0.1, 0.15) is 0 Å². The van der Waals surface area contributed by atoms with Crippen LogP contribution in [-0.4, -0.2) is 14.7 Å². The fraction of sp³-hybridized carbons (Fsp3) is 0.278. The zero-order valence-electron chi connectivity index (χ0n) is 12.6. The predicted octanol–water partition coefficient (Wildman–Crippen LogP) is 3.95. The highest BCUT2D eigenvalue weighted by Crippen LogP contribution is 2.29. The molecule has 3 nitrogen and oxygen atoms in total. The molecule has 3 heteroatoms. The van der Waals surface area contributed by atoms with Crippen LogP contribution in [0.3, 0.4) is 0 Å². The summed E-state index contributed by atoms with van der Waals surface area (Å²) in [5.74, 6) is 0. The maximum absolute atomic E-state index is 10.6. The standard InChI is InChI=1S/C18H20N2O/c1-12-9-16-17(10-13(12)2)20(11-19-16)14(3)18(21)15-7-5-4-6-8-15/h4-11,14,18,21H,1-3H3. The summed E-state index contributed by atoms with van der Waals surface area (Å²) in [7, 11) is 0. The highest BCUT2D eigenvalue weighted by molar-refractivity contribution is 5.77. The number of fused-ring (bicyclic) bond motifs is 1. The third-order valence-corrected chi connectivity index (χ3v) is 4.23. The van der Waals surface area contributed by atoms with Gasteiger partial charge in [0.2, 0.25) is 0 Å². The first-order valence-corrected chi connectivity index (χ1v) is 7.24. The fourth-order valence-corrected chi connectivity index (χ4v) is 2.69. The largest absolute Gasteiger partial charge is 0.386 e. The molecule has 0 saturated heterocycles. The zero-order valence-corrected chi connectivity index (χ0v) is 12.6. The molecule has 108 valence electrons. The molecule has 3 aromatic rings. The van der Waals surface area contributed by atoms with Crippen LogP contribution >= 0.6 is 0 Å². The van der Waals surface area contributed by atoms with Crippen LogP contribution in [0.4, 0.5) is 0 Å². The van der Waals surface area contributed by atoms with Crippen LogP contribution in [0.25, 0.3) is 11.0 Å². The molecule has 2 aromatic carbocycles. The Labute approximate surface area is 124 Å². The molecular weight excluding hydrogens is 260 g/mol. The molecule has 0 saturated carbocycles. The van der Waals surface area contributed by atoms with Gasteiger partial charge in [-0.3, -0.25) is 0 Å². The van der Waals surface area contributed by atoms with Gasteiger partial charge in [-0.05, 0) is 49.6 Å². The maximum atomic E-state index is 10.6. The molecule has 0 spiro atoms. The SMILES string of the molecule is Cc1cc2ncn(C(C)C(O)c3ccccc3)c2cc1C. The molecule has 2 unspecified atom stereocenters. The third-order valence-electron chi connectivity index (χ3n) is 4.23. The van der Waals surface area contributed by atoms with E-state index in [1.54, 1.807) is 0 Å². The van der Waals surface area contributed by atoms with Gasteiger partial charge in [-0.25, -0.2) is 4.98 Å². The Balaban J connectivity index is 2.02. The normalized spacial score (nSPS) is 14.3. The number of aliphatic hydroxyl groups excluding tert-OH is 1. The van der Waals surface area contributed by atoms with Crippen LogP contribution in [0.1, 0.15) is 35.8 Å². The minimum absolute atomic E-state index is 0.0699. The maximum Gasteiger partial charge on any atom is 0.0994 e. The predicted molar refractivity (Wildman–Crippen MR) is 85.3 cm³/mol. The average Bonchev–Trinajstić information content (AvgIpc) is 2.90. The lowest BCUT2D eigenvalue weighted by atomic mass is 10.0. The quantitative estimate of drug-likeness (QED) is 0.789. The van der Waals surface area contributed by atoms with E-state index in [4.69, 9.17) is 0 Å². The summed E-state index contributed by atoms with van der Waals surface area (Å²) in [5, 5.41) is 10.6. The Morgan fingerprint density at radius 3 is 2.43 bits per heavy atom. The second kappa shape index (κ2) is 5.34. The van der Waals surface area contributed by atoms with Crippen molar-refractivity contribution in [1.82, 2.24) is 9.55 Å². The summed E-state index contributed by atoms with van der Waals surface area (Å²) >= 11 is 0. The fourth-order valence-electron chi connectivity index (χ4n) is 2.69.